The number of rotatable bonds is 8. The Labute approximate surface area is 190 Å². The summed E-state index contributed by atoms with van der Waals surface area (Å²) in [6.07, 6.45) is 9.88. The summed E-state index contributed by atoms with van der Waals surface area (Å²) in [6.45, 7) is 25.0. The van der Waals surface area contributed by atoms with Gasteiger partial charge in [0.15, 0.2) is 0 Å². The van der Waals surface area contributed by atoms with Crippen LogP contribution in [0.3, 0.4) is 0 Å². The van der Waals surface area contributed by atoms with Gasteiger partial charge in [-0.1, -0.05) is 66.2 Å². The Bertz CT molecular complexity index is 502. The Hall–Kier alpha value is 0.137. The molecule has 0 saturated heterocycles. The molecule has 178 valence electrons. The topological polar surface area (TPSA) is 21.3 Å². The lowest BCUT2D eigenvalue weighted by Gasteiger charge is -2.52. The largest absolute Gasteiger partial charge is 0.376 e. The van der Waals surface area contributed by atoms with E-state index < -0.39 is 8.24 Å². The van der Waals surface area contributed by atoms with Gasteiger partial charge in [0.25, 0.3) is 0 Å². The van der Waals surface area contributed by atoms with Crippen LogP contribution in [0.2, 0.25) is 17.1 Å². The van der Waals surface area contributed by atoms with Crippen LogP contribution < -0.4 is 4.98 Å². The summed E-state index contributed by atoms with van der Waals surface area (Å²) in [5.41, 5.74) is 2.07. The molecule has 2 fully saturated rings. The molecule has 2 nitrogen and oxygen atoms in total. The monoisotopic (exact) mass is 437 g/mol. The van der Waals surface area contributed by atoms with Crippen molar-refractivity contribution in [3.05, 3.63) is 0 Å². The van der Waals surface area contributed by atoms with Crippen molar-refractivity contribution in [1.82, 2.24) is 4.98 Å². The average molecular weight is 438 g/mol. The minimum absolute atomic E-state index is 0.0130. The van der Waals surface area contributed by atoms with E-state index in [1.54, 1.807) is 0 Å². The third-order valence-electron chi connectivity index (χ3n) is 8.68. The van der Waals surface area contributed by atoms with E-state index in [1.165, 1.54) is 51.0 Å². The molecule has 0 bridgehead atoms. The molecule has 30 heavy (non-hydrogen) atoms. The van der Waals surface area contributed by atoms with Gasteiger partial charge in [-0.15, -0.1) is 0 Å². The van der Waals surface area contributed by atoms with Crippen molar-refractivity contribution < 1.29 is 4.74 Å². The summed E-state index contributed by atoms with van der Waals surface area (Å²) in [7, 11) is -1.71. The van der Waals surface area contributed by atoms with Gasteiger partial charge in [0.2, 0.25) is 0 Å². The second-order valence-corrected chi connectivity index (χ2v) is 17.4. The summed E-state index contributed by atoms with van der Waals surface area (Å²) in [6, 6.07) is 1.45. The SMILES string of the molecule is CC1C(C)C(C)C([Si](CCCCOC(C)(C)C)(NC(C)(C)C)C2CCCCC2)C1C. The summed E-state index contributed by atoms with van der Waals surface area (Å²) in [4.78, 5) is 4.49. The van der Waals surface area contributed by atoms with E-state index in [-0.39, 0.29) is 11.1 Å². The van der Waals surface area contributed by atoms with Crippen molar-refractivity contribution in [3.8, 4) is 0 Å². The molecule has 2 aliphatic rings. The first-order valence-electron chi connectivity index (χ1n) is 13.2. The fourth-order valence-corrected chi connectivity index (χ4v) is 15.1. The van der Waals surface area contributed by atoms with Gasteiger partial charge >= 0.3 is 0 Å². The molecule has 0 radical (unpaired) electrons. The molecule has 2 aliphatic carbocycles. The zero-order valence-electron chi connectivity index (χ0n) is 22.2. The third kappa shape index (κ3) is 6.58. The second kappa shape index (κ2) is 10.4. The maximum absolute atomic E-state index is 6.09. The highest BCUT2D eigenvalue weighted by Crippen LogP contribution is 2.59. The molecule has 0 aromatic rings. The number of ether oxygens (including phenoxy) is 1. The molecule has 0 aliphatic heterocycles. The molecule has 0 spiro atoms. The predicted molar refractivity (Wildman–Crippen MR) is 136 cm³/mol. The van der Waals surface area contributed by atoms with E-state index in [1.807, 2.05) is 0 Å². The van der Waals surface area contributed by atoms with Gasteiger partial charge < -0.3 is 9.72 Å². The van der Waals surface area contributed by atoms with Crippen molar-refractivity contribution in [2.45, 2.75) is 142 Å². The molecular formula is C27H55NOSi. The van der Waals surface area contributed by atoms with E-state index in [0.29, 0.717) is 0 Å². The van der Waals surface area contributed by atoms with Crippen molar-refractivity contribution in [3.63, 3.8) is 0 Å². The first-order valence-corrected chi connectivity index (χ1v) is 15.6. The predicted octanol–water partition coefficient (Wildman–Crippen LogP) is 8.18. The fourth-order valence-electron chi connectivity index (χ4n) is 7.13. The van der Waals surface area contributed by atoms with Gasteiger partial charge in [-0.3, -0.25) is 0 Å². The molecule has 5 unspecified atom stereocenters. The number of unbranched alkanes of at least 4 members (excludes halogenated alkanes) is 1. The molecule has 2 saturated carbocycles. The molecule has 0 amide bonds. The highest BCUT2D eigenvalue weighted by Gasteiger charge is 2.57. The smallest absolute Gasteiger partial charge is 0.132 e. The van der Waals surface area contributed by atoms with Crippen LogP contribution in [-0.4, -0.2) is 26.0 Å². The quantitative estimate of drug-likeness (QED) is 0.305. The Balaban J connectivity index is 2.32. The van der Waals surface area contributed by atoms with E-state index in [2.05, 4.69) is 74.2 Å². The lowest BCUT2D eigenvalue weighted by atomic mass is 9.92. The molecule has 3 heteroatoms. The molecule has 0 heterocycles. The Morgan fingerprint density at radius 3 is 1.77 bits per heavy atom. The van der Waals surface area contributed by atoms with Crippen LogP contribution >= 0.6 is 0 Å². The van der Waals surface area contributed by atoms with Crippen LogP contribution in [0.25, 0.3) is 0 Å². The van der Waals surface area contributed by atoms with Crippen molar-refractivity contribution in [1.29, 1.82) is 0 Å². The standard InChI is InChI=1S/C27H55NOSi/c1-20-21(2)23(4)25(22(20)3)30(28-26(5,6)7,24-16-12-11-13-17-24)19-15-14-18-29-27(8,9)10/h20-25,28H,11-19H2,1-10H3. The van der Waals surface area contributed by atoms with Crippen LogP contribution in [0.5, 0.6) is 0 Å². The Kier molecular flexibility index (Phi) is 9.13. The lowest BCUT2D eigenvalue weighted by molar-refractivity contribution is -0.00421. The van der Waals surface area contributed by atoms with Crippen LogP contribution in [0, 0.1) is 23.7 Å². The summed E-state index contributed by atoms with van der Waals surface area (Å²) >= 11 is 0. The normalized spacial score (nSPS) is 33.6. The summed E-state index contributed by atoms with van der Waals surface area (Å²) in [5, 5.41) is 0. The van der Waals surface area contributed by atoms with Gasteiger partial charge in [-0.2, -0.15) is 0 Å². The van der Waals surface area contributed by atoms with Gasteiger partial charge in [0.05, 0.1) is 5.60 Å². The number of nitrogens with one attached hydrogen (secondary N) is 1. The van der Waals surface area contributed by atoms with Crippen molar-refractivity contribution in [2.75, 3.05) is 6.61 Å². The van der Waals surface area contributed by atoms with Crippen LogP contribution in [-0.2, 0) is 4.74 Å². The maximum Gasteiger partial charge on any atom is 0.132 e. The average Bonchev–Trinajstić information content (AvgIpc) is 2.83. The van der Waals surface area contributed by atoms with Crippen molar-refractivity contribution in [2.24, 2.45) is 23.7 Å². The molecule has 2 rings (SSSR count). The molecular weight excluding hydrogens is 382 g/mol. The molecule has 0 aromatic heterocycles. The minimum atomic E-state index is -1.71. The van der Waals surface area contributed by atoms with Crippen molar-refractivity contribution >= 4 is 8.24 Å². The van der Waals surface area contributed by atoms with E-state index >= 15 is 0 Å². The van der Waals surface area contributed by atoms with Crippen LogP contribution in [0.1, 0.15) is 114 Å². The van der Waals surface area contributed by atoms with Gasteiger partial charge in [0.1, 0.15) is 8.24 Å². The maximum atomic E-state index is 6.09. The van der Waals surface area contributed by atoms with E-state index in [4.69, 9.17) is 4.74 Å². The molecule has 0 aromatic carbocycles. The number of hydrogen-bond acceptors (Lipinski definition) is 2. The third-order valence-corrected chi connectivity index (χ3v) is 15.3. The summed E-state index contributed by atoms with van der Waals surface area (Å²) < 4.78 is 6.09. The van der Waals surface area contributed by atoms with Gasteiger partial charge in [-0.25, -0.2) is 0 Å². The lowest BCUT2D eigenvalue weighted by Crippen LogP contribution is -2.65. The van der Waals surface area contributed by atoms with Crippen LogP contribution in [0.4, 0.5) is 0 Å². The first kappa shape index (κ1) is 26.4. The molecule has 1 N–H and O–H groups in total. The highest BCUT2D eigenvalue weighted by atomic mass is 28.3. The zero-order chi connectivity index (χ0) is 22.7. The van der Waals surface area contributed by atoms with Gasteiger partial charge in [0, 0.05) is 12.1 Å². The first-order chi connectivity index (χ1) is 13.8. The second-order valence-electron chi connectivity index (χ2n) is 13.1. The Morgan fingerprint density at radius 2 is 1.30 bits per heavy atom. The fraction of sp³-hybridized carbons (Fsp3) is 1.00. The number of hydrogen-bond donors (Lipinski definition) is 1. The highest BCUT2D eigenvalue weighted by molar-refractivity contribution is 6.80. The Morgan fingerprint density at radius 1 is 0.767 bits per heavy atom. The van der Waals surface area contributed by atoms with E-state index in [0.717, 1.165) is 41.4 Å². The van der Waals surface area contributed by atoms with E-state index in [9.17, 15) is 0 Å². The molecule has 5 atom stereocenters. The minimum Gasteiger partial charge on any atom is -0.376 e. The van der Waals surface area contributed by atoms with Crippen LogP contribution in [0.15, 0.2) is 0 Å². The summed E-state index contributed by atoms with van der Waals surface area (Å²) in [5.74, 6) is 3.41. The van der Waals surface area contributed by atoms with Gasteiger partial charge in [-0.05, 0) is 88.8 Å². The zero-order valence-corrected chi connectivity index (χ0v) is 23.2.